The zero-order valence-electron chi connectivity index (χ0n) is 13.6. The van der Waals surface area contributed by atoms with Crippen LogP contribution in [0, 0.1) is 0 Å². The second-order valence-corrected chi connectivity index (χ2v) is 6.84. The SMILES string of the molecule is O=C(/C=C/c1c(Cl)nc2ccccn12)NCCSCc1ccccc1. The molecule has 0 aliphatic heterocycles. The number of imidazole rings is 1. The maximum atomic E-state index is 11.9. The highest BCUT2D eigenvalue weighted by Gasteiger charge is 2.07. The zero-order valence-corrected chi connectivity index (χ0v) is 15.1. The van der Waals surface area contributed by atoms with Crippen molar-refractivity contribution in [3.8, 4) is 0 Å². The average Bonchev–Trinajstić information content (AvgIpc) is 2.95. The number of halogens is 1. The molecule has 0 bridgehead atoms. The van der Waals surface area contributed by atoms with Crippen LogP contribution in [0.25, 0.3) is 11.7 Å². The Kier molecular flexibility index (Phi) is 6.14. The number of benzene rings is 1. The smallest absolute Gasteiger partial charge is 0.244 e. The standard InChI is InChI=1S/C19H18ClN3OS/c20-19-16(23-12-5-4-8-17(23)22-19)9-10-18(24)21-11-13-25-14-15-6-2-1-3-7-15/h1-10,12H,11,13-14H2,(H,21,24)/b10-9+. The zero-order chi connectivity index (χ0) is 17.5. The van der Waals surface area contributed by atoms with Crippen molar-refractivity contribution in [2.75, 3.05) is 12.3 Å². The Balaban J connectivity index is 1.46. The largest absolute Gasteiger partial charge is 0.352 e. The van der Waals surface area contributed by atoms with Crippen molar-refractivity contribution >= 4 is 41.0 Å². The number of nitrogens with zero attached hydrogens (tertiary/aromatic N) is 2. The molecule has 0 unspecified atom stereocenters. The predicted molar refractivity (Wildman–Crippen MR) is 105 cm³/mol. The molecule has 6 heteroatoms. The minimum atomic E-state index is -0.137. The van der Waals surface area contributed by atoms with E-state index >= 15 is 0 Å². The van der Waals surface area contributed by atoms with Gasteiger partial charge in [0.2, 0.25) is 5.91 Å². The third-order valence-corrected chi connectivity index (χ3v) is 4.88. The van der Waals surface area contributed by atoms with Crippen LogP contribution in [0.1, 0.15) is 11.3 Å². The lowest BCUT2D eigenvalue weighted by Crippen LogP contribution is -2.23. The molecule has 0 fully saturated rings. The Bertz CT molecular complexity index is 877. The molecule has 2 aromatic heterocycles. The van der Waals surface area contributed by atoms with E-state index in [2.05, 4.69) is 22.4 Å². The van der Waals surface area contributed by atoms with Crippen molar-refractivity contribution < 1.29 is 4.79 Å². The van der Waals surface area contributed by atoms with Gasteiger partial charge < -0.3 is 5.32 Å². The average molecular weight is 372 g/mol. The molecule has 0 saturated heterocycles. The molecule has 25 heavy (non-hydrogen) atoms. The Morgan fingerprint density at radius 1 is 1.20 bits per heavy atom. The highest BCUT2D eigenvalue weighted by atomic mass is 35.5. The monoisotopic (exact) mass is 371 g/mol. The van der Waals surface area contributed by atoms with E-state index in [1.54, 1.807) is 17.8 Å². The number of hydrogen-bond donors (Lipinski definition) is 1. The molecule has 3 aromatic rings. The number of aromatic nitrogens is 2. The lowest BCUT2D eigenvalue weighted by molar-refractivity contribution is -0.116. The van der Waals surface area contributed by atoms with Crippen LogP contribution < -0.4 is 5.32 Å². The van der Waals surface area contributed by atoms with Gasteiger partial charge in [-0.2, -0.15) is 11.8 Å². The summed E-state index contributed by atoms with van der Waals surface area (Å²) in [4.78, 5) is 16.2. The molecule has 0 aliphatic carbocycles. The number of carbonyl (C=O) groups excluding carboxylic acids is 1. The van der Waals surface area contributed by atoms with Gasteiger partial charge in [-0.25, -0.2) is 4.98 Å². The second-order valence-electron chi connectivity index (χ2n) is 5.38. The summed E-state index contributed by atoms with van der Waals surface area (Å²) in [5.74, 6) is 1.68. The number of amides is 1. The molecule has 128 valence electrons. The van der Waals surface area contributed by atoms with Gasteiger partial charge in [0.1, 0.15) is 5.65 Å². The van der Waals surface area contributed by atoms with E-state index in [0.717, 1.165) is 17.2 Å². The minimum absolute atomic E-state index is 0.137. The van der Waals surface area contributed by atoms with Crippen LogP contribution in [0.3, 0.4) is 0 Å². The van der Waals surface area contributed by atoms with Gasteiger partial charge in [0, 0.05) is 30.3 Å². The van der Waals surface area contributed by atoms with Gasteiger partial charge in [-0.3, -0.25) is 9.20 Å². The van der Waals surface area contributed by atoms with E-state index in [-0.39, 0.29) is 5.91 Å². The third kappa shape index (κ3) is 4.87. The van der Waals surface area contributed by atoms with Gasteiger partial charge >= 0.3 is 0 Å². The summed E-state index contributed by atoms with van der Waals surface area (Å²) < 4.78 is 1.85. The molecule has 2 heterocycles. The first-order chi connectivity index (χ1) is 12.2. The van der Waals surface area contributed by atoms with Crippen molar-refractivity contribution in [3.05, 3.63) is 77.2 Å². The summed E-state index contributed by atoms with van der Waals surface area (Å²) >= 11 is 7.93. The van der Waals surface area contributed by atoms with Crippen LogP contribution in [0.4, 0.5) is 0 Å². The Hall–Kier alpha value is -2.24. The van der Waals surface area contributed by atoms with E-state index in [9.17, 15) is 4.79 Å². The van der Waals surface area contributed by atoms with Crippen molar-refractivity contribution in [1.82, 2.24) is 14.7 Å². The number of pyridine rings is 1. The summed E-state index contributed by atoms with van der Waals surface area (Å²) in [5, 5.41) is 3.26. The van der Waals surface area contributed by atoms with E-state index < -0.39 is 0 Å². The van der Waals surface area contributed by atoms with Crippen LogP contribution in [0.5, 0.6) is 0 Å². The molecule has 1 N–H and O–H groups in total. The lowest BCUT2D eigenvalue weighted by atomic mass is 10.2. The summed E-state index contributed by atoms with van der Waals surface area (Å²) in [6, 6.07) is 16.0. The first-order valence-electron chi connectivity index (χ1n) is 7.94. The first-order valence-corrected chi connectivity index (χ1v) is 9.47. The van der Waals surface area contributed by atoms with E-state index in [1.165, 1.54) is 11.6 Å². The summed E-state index contributed by atoms with van der Waals surface area (Å²) in [6.45, 7) is 0.627. The quantitative estimate of drug-likeness (QED) is 0.503. The van der Waals surface area contributed by atoms with Gasteiger partial charge in [0.15, 0.2) is 5.15 Å². The van der Waals surface area contributed by atoms with E-state index in [0.29, 0.717) is 17.4 Å². The van der Waals surface area contributed by atoms with E-state index in [4.69, 9.17) is 11.6 Å². The predicted octanol–water partition coefficient (Wildman–Crippen LogP) is 4.05. The topological polar surface area (TPSA) is 46.4 Å². The molecule has 1 amide bonds. The number of carbonyl (C=O) groups is 1. The molecular weight excluding hydrogens is 354 g/mol. The van der Waals surface area contributed by atoms with Crippen LogP contribution in [-0.4, -0.2) is 27.6 Å². The molecule has 1 aromatic carbocycles. The summed E-state index contributed by atoms with van der Waals surface area (Å²) in [7, 11) is 0. The number of hydrogen-bond acceptors (Lipinski definition) is 3. The highest BCUT2D eigenvalue weighted by molar-refractivity contribution is 7.98. The molecule has 4 nitrogen and oxygen atoms in total. The molecular formula is C19H18ClN3OS. The lowest BCUT2D eigenvalue weighted by Gasteiger charge is -2.03. The normalized spacial score (nSPS) is 11.2. The Labute approximate surface area is 155 Å². The van der Waals surface area contributed by atoms with Crippen LogP contribution in [-0.2, 0) is 10.5 Å². The van der Waals surface area contributed by atoms with Crippen molar-refractivity contribution in [2.45, 2.75) is 5.75 Å². The van der Waals surface area contributed by atoms with Gasteiger partial charge in [-0.1, -0.05) is 48.0 Å². The fourth-order valence-electron chi connectivity index (χ4n) is 2.36. The van der Waals surface area contributed by atoms with Crippen molar-refractivity contribution in [3.63, 3.8) is 0 Å². The Morgan fingerprint density at radius 3 is 2.84 bits per heavy atom. The summed E-state index contributed by atoms with van der Waals surface area (Å²) in [5.41, 5.74) is 2.75. The Morgan fingerprint density at radius 2 is 2.00 bits per heavy atom. The van der Waals surface area contributed by atoms with Crippen molar-refractivity contribution in [2.24, 2.45) is 0 Å². The molecule has 0 atom stereocenters. The molecule has 3 rings (SSSR count). The maximum Gasteiger partial charge on any atom is 0.244 e. The summed E-state index contributed by atoms with van der Waals surface area (Å²) in [6.07, 6.45) is 5.05. The molecule has 0 saturated carbocycles. The van der Waals surface area contributed by atoms with Gasteiger partial charge in [-0.05, 0) is 23.8 Å². The molecule has 0 spiro atoms. The van der Waals surface area contributed by atoms with Gasteiger partial charge in [-0.15, -0.1) is 0 Å². The van der Waals surface area contributed by atoms with Crippen LogP contribution in [0.2, 0.25) is 5.15 Å². The number of nitrogens with one attached hydrogen (secondary N) is 1. The fraction of sp³-hybridized carbons (Fsp3) is 0.158. The van der Waals surface area contributed by atoms with Crippen molar-refractivity contribution in [1.29, 1.82) is 0 Å². The molecule has 0 radical (unpaired) electrons. The minimum Gasteiger partial charge on any atom is -0.352 e. The number of fused-ring (bicyclic) bond motifs is 1. The maximum absolute atomic E-state index is 11.9. The van der Waals surface area contributed by atoms with E-state index in [1.807, 2.05) is 47.0 Å². The second kappa shape index (κ2) is 8.74. The van der Waals surface area contributed by atoms with Gasteiger partial charge in [0.05, 0.1) is 5.69 Å². The molecule has 0 aliphatic rings. The first kappa shape index (κ1) is 17.6. The van der Waals surface area contributed by atoms with Crippen LogP contribution in [0.15, 0.2) is 60.8 Å². The number of rotatable bonds is 7. The number of thioether (sulfide) groups is 1. The third-order valence-electron chi connectivity index (χ3n) is 3.57. The fourth-order valence-corrected chi connectivity index (χ4v) is 3.42. The highest BCUT2D eigenvalue weighted by Crippen LogP contribution is 2.18. The van der Waals surface area contributed by atoms with Gasteiger partial charge in [0.25, 0.3) is 0 Å². The van der Waals surface area contributed by atoms with Crippen LogP contribution >= 0.6 is 23.4 Å².